The van der Waals surface area contributed by atoms with Crippen LogP contribution in [-0.2, 0) is 4.74 Å². The van der Waals surface area contributed by atoms with Gasteiger partial charge in [0.25, 0.3) is 0 Å². The van der Waals surface area contributed by atoms with Crippen LogP contribution in [0.1, 0.15) is 64.9 Å². The maximum absolute atomic E-state index is 6.27. The first-order valence-corrected chi connectivity index (χ1v) is 7.97. The summed E-state index contributed by atoms with van der Waals surface area (Å²) in [5, 5.41) is 3.66. The van der Waals surface area contributed by atoms with E-state index in [-0.39, 0.29) is 17.2 Å². The zero-order valence-corrected chi connectivity index (χ0v) is 14.2. The van der Waals surface area contributed by atoms with Crippen molar-refractivity contribution in [2.45, 2.75) is 71.6 Å². The smallest absolute Gasteiger partial charge is 0.0760 e. The average Bonchev–Trinajstić information content (AvgIpc) is 2.60. The molecule has 2 unspecified atom stereocenters. The summed E-state index contributed by atoms with van der Waals surface area (Å²) in [6, 6.07) is 0.190. The number of hydrogen-bond donors (Lipinski definition) is 1. The number of ether oxygens (including phenoxy) is 1. The van der Waals surface area contributed by atoms with Gasteiger partial charge in [0, 0.05) is 12.1 Å². The van der Waals surface area contributed by atoms with Crippen molar-refractivity contribution >= 4 is 0 Å². The maximum atomic E-state index is 6.27. The summed E-state index contributed by atoms with van der Waals surface area (Å²) >= 11 is 0. The van der Waals surface area contributed by atoms with Crippen LogP contribution >= 0.6 is 0 Å². The van der Waals surface area contributed by atoms with E-state index in [0.717, 1.165) is 30.8 Å². The second kappa shape index (κ2) is 6.01. The fourth-order valence-corrected chi connectivity index (χ4v) is 3.44. The van der Waals surface area contributed by atoms with Gasteiger partial charge in [-0.3, -0.25) is 9.97 Å². The number of aromatic nitrogens is 2. The Morgan fingerprint density at radius 2 is 2.00 bits per heavy atom. The molecular formula is C17H29N3O. The Morgan fingerprint density at radius 1 is 1.29 bits per heavy atom. The molecule has 2 rings (SSSR count). The summed E-state index contributed by atoms with van der Waals surface area (Å²) in [5.41, 5.74) is 1.73. The van der Waals surface area contributed by atoms with E-state index in [4.69, 9.17) is 4.74 Å². The Labute approximate surface area is 128 Å². The van der Waals surface area contributed by atoms with Gasteiger partial charge in [0.2, 0.25) is 0 Å². The summed E-state index contributed by atoms with van der Waals surface area (Å²) in [6.07, 6.45) is 5.89. The van der Waals surface area contributed by atoms with Gasteiger partial charge in [0.05, 0.1) is 34.8 Å². The highest BCUT2D eigenvalue weighted by Gasteiger charge is 2.49. The monoisotopic (exact) mass is 291 g/mol. The van der Waals surface area contributed by atoms with Gasteiger partial charge in [-0.1, -0.05) is 6.92 Å². The molecule has 118 valence electrons. The Bertz CT molecular complexity index is 467. The molecule has 21 heavy (non-hydrogen) atoms. The van der Waals surface area contributed by atoms with Gasteiger partial charge in [-0.05, 0) is 54.0 Å². The van der Waals surface area contributed by atoms with Crippen molar-refractivity contribution in [3.8, 4) is 0 Å². The van der Waals surface area contributed by atoms with E-state index in [1.807, 2.05) is 19.3 Å². The molecule has 4 heteroatoms. The molecule has 0 amide bonds. The van der Waals surface area contributed by atoms with Crippen LogP contribution in [0.15, 0.2) is 12.4 Å². The maximum Gasteiger partial charge on any atom is 0.0760 e. The highest BCUT2D eigenvalue weighted by molar-refractivity contribution is 5.12. The number of nitrogens with one attached hydrogen (secondary N) is 1. The number of aryl methyl sites for hydroxylation is 1. The second-order valence-electron chi connectivity index (χ2n) is 7.29. The van der Waals surface area contributed by atoms with Crippen molar-refractivity contribution in [1.29, 1.82) is 0 Å². The highest BCUT2D eigenvalue weighted by atomic mass is 16.5. The summed E-state index contributed by atoms with van der Waals surface area (Å²) in [6.45, 7) is 13.9. The van der Waals surface area contributed by atoms with Crippen LogP contribution in [0.2, 0.25) is 0 Å². The topological polar surface area (TPSA) is 47.0 Å². The molecule has 2 heterocycles. The minimum absolute atomic E-state index is 0.0849. The zero-order valence-electron chi connectivity index (χ0n) is 14.2. The average molecular weight is 291 g/mol. The third-order valence-electron chi connectivity index (χ3n) is 4.28. The van der Waals surface area contributed by atoms with Gasteiger partial charge in [0.1, 0.15) is 0 Å². The van der Waals surface area contributed by atoms with Gasteiger partial charge < -0.3 is 10.1 Å². The standard InChI is InChI=1S/C17H29N3O/c1-7-8-18-15(14-11-19-12(2)10-20-14)13-9-16(3,4)21-17(13,5)6/h10-11,13,15,18H,7-9H2,1-6H3. The van der Waals surface area contributed by atoms with Crippen molar-refractivity contribution < 1.29 is 4.74 Å². The first-order valence-electron chi connectivity index (χ1n) is 7.97. The van der Waals surface area contributed by atoms with Crippen molar-refractivity contribution in [3.63, 3.8) is 0 Å². The quantitative estimate of drug-likeness (QED) is 0.903. The molecule has 1 aromatic heterocycles. The molecule has 1 fully saturated rings. The Kier molecular flexibility index (Phi) is 4.69. The van der Waals surface area contributed by atoms with Crippen LogP contribution < -0.4 is 5.32 Å². The second-order valence-corrected chi connectivity index (χ2v) is 7.29. The van der Waals surface area contributed by atoms with Crippen LogP contribution in [0, 0.1) is 12.8 Å². The number of rotatable bonds is 5. The molecule has 2 atom stereocenters. The molecule has 0 aliphatic carbocycles. The highest BCUT2D eigenvalue weighted by Crippen LogP contribution is 2.47. The van der Waals surface area contributed by atoms with Crippen LogP contribution in [0.3, 0.4) is 0 Å². The van der Waals surface area contributed by atoms with Gasteiger partial charge in [-0.2, -0.15) is 0 Å². The Morgan fingerprint density at radius 3 is 2.48 bits per heavy atom. The molecule has 4 nitrogen and oxygen atoms in total. The van der Waals surface area contributed by atoms with E-state index < -0.39 is 0 Å². The van der Waals surface area contributed by atoms with E-state index in [1.165, 1.54) is 0 Å². The van der Waals surface area contributed by atoms with E-state index in [9.17, 15) is 0 Å². The van der Waals surface area contributed by atoms with Crippen LogP contribution in [0.25, 0.3) is 0 Å². The minimum Gasteiger partial charge on any atom is -0.369 e. The van der Waals surface area contributed by atoms with E-state index in [1.54, 1.807) is 0 Å². The predicted molar refractivity (Wildman–Crippen MR) is 85.2 cm³/mol. The van der Waals surface area contributed by atoms with Crippen LogP contribution in [0.5, 0.6) is 0 Å². The predicted octanol–water partition coefficient (Wildman–Crippen LogP) is 3.42. The van der Waals surface area contributed by atoms with Gasteiger partial charge in [-0.25, -0.2) is 0 Å². The lowest BCUT2D eigenvalue weighted by atomic mass is 9.80. The molecule has 1 aliphatic rings. The fourth-order valence-electron chi connectivity index (χ4n) is 3.44. The molecule has 0 spiro atoms. The van der Waals surface area contributed by atoms with Gasteiger partial charge >= 0.3 is 0 Å². The van der Waals surface area contributed by atoms with Crippen molar-refractivity contribution in [2.75, 3.05) is 6.54 Å². The van der Waals surface area contributed by atoms with E-state index in [0.29, 0.717) is 5.92 Å². The van der Waals surface area contributed by atoms with E-state index in [2.05, 4.69) is 49.9 Å². The lowest BCUT2D eigenvalue weighted by Crippen LogP contribution is -2.39. The third kappa shape index (κ3) is 3.80. The largest absolute Gasteiger partial charge is 0.369 e. The summed E-state index contributed by atoms with van der Waals surface area (Å²) in [7, 11) is 0. The van der Waals surface area contributed by atoms with Gasteiger partial charge in [-0.15, -0.1) is 0 Å². The molecule has 0 radical (unpaired) electrons. The SMILES string of the molecule is CCCNC(c1cnc(C)cn1)C1CC(C)(C)OC1(C)C. The van der Waals surface area contributed by atoms with Gasteiger partial charge in [0.15, 0.2) is 0 Å². The molecule has 0 bridgehead atoms. The fraction of sp³-hybridized carbons (Fsp3) is 0.765. The lowest BCUT2D eigenvalue weighted by molar-refractivity contribution is -0.0780. The summed E-state index contributed by atoms with van der Waals surface area (Å²) in [5.74, 6) is 0.385. The molecular weight excluding hydrogens is 262 g/mol. The molecule has 1 aromatic rings. The van der Waals surface area contributed by atoms with Crippen LogP contribution in [0.4, 0.5) is 0 Å². The lowest BCUT2D eigenvalue weighted by Gasteiger charge is -2.33. The normalized spacial score (nSPS) is 25.0. The number of hydrogen-bond acceptors (Lipinski definition) is 4. The van der Waals surface area contributed by atoms with Crippen molar-refractivity contribution in [3.05, 3.63) is 23.8 Å². The van der Waals surface area contributed by atoms with Crippen LogP contribution in [-0.4, -0.2) is 27.7 Å². The van der Waals surface area contributed by atoms with Crippen molar-refractivity contribution in [1.82, 2.24) is 15.3 Å². The minimum atomic E-state index is -0.165. The molecule has 1 saturated heterocycles. The Balaban J connectivity index is 2.29. The Hall–Kier alpha value is -1.00. The first kappa shape index (κ1) is 16.4. The molecule has 0 saturated carbocycles. The third-order valence-corrected chi connectivity index (χ3v) is 4.28. The first-order chi connectivity index (χ1) is 9.75. The number of nitrogens with zero attached hydrogens (tertiary/aromatic N) is 2. The van der Waals surface area contributed by atoms with E-state index >= 15 is 0 Å². The zero-order chi connectivity index (χ0) is 15.7. The summed E-state index contributed by atoms with van der Waals surface area (Å²) < 4.78 is 6.27. The molecule has 0 aromatic carbocycles. The van der Waals surface area contributed by atoms with Crippen molar-refractivity contribution in [2.24, 2.45) is 5.92 Å². The summed E-state index contributed by atoms with van der Waals surface area (Å²) in [4.78, 5) is 9.03. The molecule has 1 aliphatic heterocycles. The molecule has 1 N–H and O–H groups in total.